The third-order valence-electron chi connectivity index (χ3n) is 7.91. The lowest BCUT2D eigenvalue weighted by molar-refractivity contribution is -0.142. The summed E-state index contributed by atoms with van der Waals surface area (Å²) in [4.78, 5) is 15.2. The zero-order valence-corrected chi connectivity index (χ0v) is 23.5. The van der Waals surface area contributed by atoms with Crippen molar-refractivity contribution in [1.82, 2.24) is 20.9 Å². The molecule has 38 heavy (non-hydrogen) atoms. The molecular formula is C27H45ClN4O6. The Morgan fingerprint density at radius 2 is 1.87 bits per heavy atom. The first-order chi connectivity index (χ1) is 18.5. The SMILES string of the molecule is COCCOCCOCCOC1=C(C)CC2NC3C(=O)NC(O)NC3N(CCCC3=CCC(Cl)CC3)C2C1. The Morgan fingerprint density at radius 3 is 2.61 bits per heavy atom. The number of ether oxygens (including phenoxy) is 4. The molecule has 216 valence electrons. The summed E-state index contributed by atoms with van der Waals surface area (Å²) in [5.41, 5.74) is 2.68. The van der Waals surface area contributed by atoms with Gasteiger partial charge in [-0.3, -0.25) is 20.3 Å². The van der Waals surface area contributed by atoms with Gasteiger partial charge in [-0.25, -0.2) is 0 Å². The Morgan fingerprint density at radius 1 is 1.11 bits per heavy atom. The molecule has 1 amide bonds. The van der Waals surface area contributed by atoms with Gasteiger partial charge in [-0.2, -0.15) is 0 Å². The summed E-state index contributed by atoms with van der Waals surface area (Å²) in [6.45, 7) is 6.12. The largest absolute Gasteiger partial charge is 0.496 e. The third-order valence-corrected chi connectivity index (χ3v) is 8.30. The summed E-state index contributed by atoms with van der Waals surface area (Å²) < 4.78 is 22.2. The molecule has 0 aromatic carbocycles. The van der Waals surface area contributed by atoms with Crippen molar-refractivity contribution in [2.75, 3.05) is 53.3 Å². The number of allylic oxidation sites excluding steroid dienone is 2. The molecule has 2 saturated heterocycles. The molecule has 11 heteroatoms. The van der Waals surface area contributed by atoms with Gasteiger partial charge in [0.15, 0.2) is 6.35 Å². The second-order valence-electron chi connectivity index (χ2n) is 10.6. The molecule has 0 spiro atoms. The number of nitrogens with zero attached hydrogens (tertiary/aromatic N) is 1. The van der Waals surface area contributed by atoms with Gasteiger partial charge in [-0.05, 0) is 51.0 Å². The molecule has 10 nitrogen and oxygen atoms in total. The summed E-state index contributed by atoms with van der Waals surface area (Å²) in [5.74, 6) is 0.834. The number of hydrogen-bond acceptors (Lipinski definition) is 9. The first kappa shape index (κ1) is 29.7. The second-order valence-corrected chi connectivity index (χ2v) is 11.2. The molecule has 6 unspecified atom stereocenters. The number of carbonyl (C=O) groups is 1. The molecule has 0 aromatic heterocycles. The highest BCUT2D eigenvalue weighted by atomic mass is 35.5. The quantitative estimate of drug-likeness (QED) is 0.144. The van der Waals surface area contributed by atoms with Gasteiger partial charge < -0.3 is 29.4 Å². The van der Waals surface area contributed by atoms with Gasteiger partial charge in [0, 0.05) is 37.5 Å². The Kier molecular flexibility index (Phi) is 11.7. The number of hydrogen-bond donors (Lipinski definition) is 4. The fourth-order valence-electron chi connectivity index (χ4n) is 5.91. The van der Waals surface area contributed by atoms with Crippen LogP contribution in [0.15, 0.2) is 23.0 Å². The number of alkyl halides is 1. The zero-order valence-electron chi connectivity index (χ0n) is 22.8. The Bertz CT molecular complexity index is 842. The number of amides is 1. The van der Waals surface area contributed by atoms with E-state index in [-0.39, 0.29) is 29.5 Å². The van der Waals surface area contributed by atoms with Crippen molar-refractivity contribution in [1.29, 1.82) is 0 Å². The second kappa shape index (κ2) is 14.9. The normalized spacial score (nSPS) is 31.9. The number of aliphatic hydroxyl groups excluding tert-OH is 1. The minimum Gasteiger partial charge on any atom is -0.496 e. The van der Waals surface area contributed by atoms with E-state index in [2.05, 4.69) is 33.9 Å². The van der Waals surface area contributed by atoms with E-state index in [0.29, 0.717) is 39.6 Å². The zero-order chi connectivity index (χ0) is 26.9. The lowest BCUT2D eigenvalue weighted by Gasteiger charge is -2.54. The predicted molar refractivity (Wildman–Crippen MR) is 144 cm³/mol. The van der Waals surface area contributed by atoms with Crippen LogP contribution in [0, 0.1) is 0 Å². The highest BCUT2D eigenvalue weighted by Gasteiger charge is 2.49. The van der Waals surface area contributed by atoms with Gasteiger partial charge in [-0.15, -0.1) is 11.6 Å². The lowest BCUT2D eigenvalue weighted by Crippen LogP contribution is -2.79. The van der Waals surface area contributed by atoms with Crippen molar-refractivity contribution in [3.05, 3.63) is 23.0 Å². The number of halogens is 1. The smallest absolute Gasteiger partial charge is 0.243 e. The van der Waals surface area contributed by atoms with Gasteiger partial charge in [0.25, 0.3) is 0 Å². The fourth-order valence-corrected chi connectivity index (χ4v) is 6.11. The number of rotatable bonds is 14. The summed E-state index contributed by atoms with van der Waals surface area (Å²) in [7, 11) is 1.65. The standard InChI is InChI=1S/C27H45ClN4O6/c1-18-16-21-22(17-23(18)38-15-14-37-13-12-36-11-10-35-2)32(9-3-4-19-5-7-20(28)8-6-19)25-24(29-21)26(33)31-27(34)30-25/h5,20-22,24-25,27,29-30,34H,3-4,6-17H2,1-2H3,(H,31,33). The first-order valence-corrected chi connectivity index (χ1v) is 14.4. The minimum absolute atomic E-state index is 0.137. The van der Waals surface area contributed by atoms with Crippen molar-refractivity contribution in [3.63, 3.8) is 0 Å². The van der Waals surface area contributed by atoms with E-state index < -0.39 is 12.4 Å². The average molecular weight is 557 g/mol. The molecule has 0 bridgehead atoms. The van der Waals surface area contributed by atoms with Crippen LogP contribution in [-0.2, 0) is 23.7 Å². The van der Waals surface area contributed by atoms with E-state index in [1.54, 1.807) is 7.11 Å². The van der Waals surface area contributed by atoms with Crippen LogP contribution in [0.25, 0.3) is 0 Å². The van der Waals surface area contributed by atoms with E-state index in [1.165, 1.54) is 11.1 Å². The monoisotopic (exact) mass is 556 g/mol. The maximum atomic E-state index is 12.8. The van der Waals surface area contributed by atoms with Crippen LogP contribution >= 0.6 is 11.6 Å². The van der Waals surface area contributed by atoms with Crippen molar-refractivity contribution < 1.29 is 28.8 Å². The van der Waals surface area contributed by atoms with Crippen molar-refractivity contribution >= 4 is 17.5 Å². The molecule has 2 heterocycles. The van der Waals surface area contributed by atoms with Gasteiger partial charge >= 0.3 is 0 Å². The molecule has 0 aromatic rings. The minimum atomic E-state index is -1.06. The number of nitrogens with one attached hydrogen (secondary N) is 3. The summed E-state index contributed by atoms with van der Waals surface area (Å²) in [6, 6.07) is -0.124. The van der Waals surface area contributed by atoms with Crippen LogP contribution in [0.2, 0.25) is 0 Å². The molecule has 0 radical (unpaired) electrons. The number of piperazine rings is 1. The van der Waals surface area contributed by atoms with E-state index in [1.807, 2.05) is 0 Å². The predicted octanol–water partition coefficient (Wildman–Crippen LogP) is 1.58. The summed E-state index contributed by atoms with van der Waals surface area (Å²) in [5, 5.41) is 19.9. The maximum Gasteiger partial charge on any atom is 0.243 e. The van der Waals surface area contributed by atoms with E-state index in [4.69, 9.17) is 30.5 Å². The van der Waals surface area contributed by atoms with E-state index in [9.17, 15) is 9.90 Å². The highest BCUT2D eigenvalue weighted by molar-refractivity contribution is 6.20. The van der Waals surface area contributed by atoms with E-state index in [0.717, 1.165) is 57.2 Å². The van der Waals surface area contributed by atoms with Crippen LogP contribution < -0.4 is 16.0 Å². The van der Waals surface area contributed by atoms with Crippen molar-refractivity contribution in [3.8, 4) is 0 Å². The topological polar surface area (TPSA) is 114 Å². The number of carbonyl (C=O) groups excluding carboxylic acids is 1. The summed E-state index contributed by atoms with van der Waals surface area (Å²) >= 11 is 6.26. The molecule has 4 rings (SSSR count). The lowest BCUT2D eigenvalue weighted by atomic mass is 9.84. The van der Waals surface area contributed by atoms with Gasteiger partial charge in [0.05, 0.1) is 45.0 Å². The van der Waals surface area contributed by atoms with Gasteiger partial charge in [0.1, 0.15) is 12.6 Å². The number of fused-ring (bicyclic) bond motifs is 2. The van der Waals surface area contributed by atoms with Crippen LogP contribution in [-0.4, -0.2) is 105 Å². The van der Waals surface area contributed by atoms with Gasteiger partial charge in [-0.1, -0.05) is 11.6 Å². The molecule has 4 aliphatic rings. The van der Waals surface area contributed by atoms with Crippen LogP contribution in [0.4, 0.5) is 0 Å². The molecule has 2 aliphatic heterocycles. The molecule has 2 aliphatic carbocycles. The Hall–Kier alpha value is -1.24. The molecule has 6 atom stereocenters. The van der Waals surface area contributed by atoms with Crippen LogP contribution in [0.1, 0.15) is 51.9 Å². The Balaban J connectivity index is 1.33. The molecular weight excluding hydrogens is 512 g/mol. The molecule has 4 N–H and O–H groups in total. The summed E-state index contributed by atoms with van der Waals surface area (Å²) in [6.07, 6.45) is 7.59. The Labute approximate surface area is 231 Å². The van der Waals surface area contributed by atoms with E-state index >= 15 is 0 Å². The molecule has 2 fully saturated rings. The number of aliphatic hydroxyl groups is 1. The van der Waals surface area contributed by atoms with Gasteiger partial charge in [0.2, 0.25) is 5.91 Å². The highest BCUT2D eigenvalue weighted by Crippen LogP contribution is 2.35. The average Bonchev–Trinajstić information content (AvgIpc) is 2.89. The maximum absolute atomic E-state index is 12.8. The third kappa shape index (κ3) is 8.14. The van der Waals surface area contributed by atoms with Crippen LogP contribution in [0.5, 0.6) is 0 Å². The van der Waals surface area contributed by atoms with Crippen molar-refractivity contribution in [2.24, 2.45) is 0 Å². The molecule has 0 saturated carbocycles. The van der Waals surface area contributed by atoms with Crippen LogP contribution in [0.3, 0.4) is 0 Å². The van der Waals surface area contributed by atoms with Crippen molar-refractivity contribution in [2.45, 2.75) is 87.9 Å². The first-order valence-electron chi connectivity index (χ1n) is 14.0. The fraction of sp³-hybridized carbons (Fsp3) is 0.815. The number of methoxy groups -OCH3 is 1.